The van der Waals surface area contributed by atoms with E-state index >= 15 is 0 Å². The molecule has 9 heteroatoms. The second-order valence-electron chi connectivity index (χ2n) is 10.9. The molecule has 1 fully saturated rings. The molecule has 2 aliphatic rings. The summed E-state index contributed by atoms with van der Waals surface area (Å²) >= 11 is -2.39. The van der Waals surface area contributed by atoms with Gasteiger partial charge in [-0.3, -0.25) is 13.7 Å². The van der Waals surface area contributed by atoms with E-state index in [4.69, 9.17) is 4.74 Å². The Hall–Kier alpha value is -3.43. The summed E-state index contributed by atoms with van der Waals surface area (Å²) in [5, 5.41) is 3.04. The van der Waals surface area contributed by atoms with Crippen LogP contribution in [0.5, 0.6) is 5.75 Å². The first-order valence-electron chi connectivity index (χ1n) is 14.4. The van der Waals surface area contributed by atoms with Crippen molar-refractivity contribution in [2.24, 2.45) is 5.92 Å². The minimum absolute atomic E-state index is 0.237. The lowest BCUT2D eigenvalue weighted by Crippen LogP contribution is -2.50. The molecule has 0 aromatic heterocycles. The third-order valence-corrected chi connectivity index (χ3v) is 9.10. The lowest BCUT2D eigenvalue weighted by molar-refractivity contribution is -0.122. The predicted molar refractivity (Wildman–Crippen MR) is 162 cm³/mol. The summed E-state index contributed by atoms with van der Waals surface area (Å²) < 4.78 is 43.4. The number of halogens is 1. The summed E-state index contributed by atoms with van der Waals surface area (Å²) in [5.74, 6) is 0.602. The van der Waals surface area contributed by atoms with Crippen molar-refractivity contribution in [3.05, 3.63) is 78.1 Å². The van der Waals surface area contributed by atoms with Crippen LogP contribution in [0.1, 0.15) is 44.1 Å². The molecule has 1 aliphatic heterocycles. The van der Waals surface area contributed by atoms with Crippen molar-refractivity contribution in [1.82, 2.24) is 5.32 Å². The fourth-order valence-electron chi connectivity index (χ4n) is 6.11. The monoisotopic (exact) mass is 579 g/mol. The van der Waals surface area contributed by atoms with Crippen LogP contribution in [0, 0.1) is 11.7 Å². The van der Waals surface area contributed by atoms with Crippen molar-refractivity contribution in [1.29, 1.82) is 0 Å². The van der Waals surface area contributed by atoms with Crippen molar-refractivity contribution in [2.75, 3.05) is 35.9 Å². The van der Waals surface area contributed by atoms with Gasteiger partial charge < -0.3 is 15.0 Å². The Kier molecular flexibility index (Phi) is 9.57. The molecule has 0 bridgehead atoms. The number of amides is 1. The number of hydrogen-bond donors (Lipinski definition) is 2. The minimum Gasteiger partial charge on any atom is -0.497 e. The Balaban J connectivity index is 1.31. The Morgan fingerprint density at radius 1 is 1.07 bits per heavy atom. The maximum Gasteiger partial charge on any atom is 0.262 e. The standard InChI is InChI=1S/C32H38FN3O4S/c1-40-29-14-9-25(10-15-29)24-7-12-28(13-8-24)36(41(38)39)31(21-23-5-3-2-4-6-23)32(37)34-18-20-35-19-17-26-22-27(33)11-16-30(26)35/h7-16,22-23,31H,2-6,17-21H2,1H3,(H,34,37)(H,38,39). The van der Waals surface area contributed by atoms with Crippen molar-refractivity contribution < 1.29 is 22.7 Å². The normalized spacial score (nSPS) is 16.6. The van der Waals surface area contributed by atoms with E-state index in [0.717, 1.165) is 66.8 Å². The first-order chi connectivity index (χ1) is 19.9. The third kappa shape index (κ3) is 7.08. The molecule has 3 aromatic carbocycles. The second-order valence-corrected chi connectivity index (χ2v) is 11.7. The number of carbonyl (C=O) groups excluding carboxylic acids is 1. The first kappa shape index (κ1) is 29.1. The summed E-state index contributed by atoms with van der Waals surface area (Å²) in [5.41, 5.74) is 4.45. The van der Waals surface area contributed by atoms with Gasteiger partial charge in [-0.15, -0.1) is 0 Å². The van der Waals surface area contributed by atoms with Crippen LogP contribution in [0.15, 0.2) is 66.7 Å². The van der Waals surface area contributed by atoms with E-state index in [1.807, 2.05) is 36.4 Å². The number of fused-ring (bicyclic) bond motifs is 1. The minimum atomic E-state index is -2.39. The molecule has 41 heavy (non-hydrogen) atoms. The summed E-state index contributed by atoms with van der Waals surface area (Å²) in [6.45, 7) is 1.74. The van der Waals surface area contributed by atoms with Crippen LogP contribution < -0.4 is 19.3 Å². The van der Waals surface area contributed by atoms with Gasteiger partial charge in [-0.1, -0.05) is 56.4 Å². The molecule has 1 heterocycles. The number of nitrogens with one attached hydrogen (secondary N) is 1. The van der Waals surface area contributed by atoms with Gasteiger partial charge >= 0.3 is 0 Å². The number of nitrogens with zero attached hydrogens (tertiary/aromatic N) is 2. The zero-order valence-electron chi connectivity index (χ0n) is 23.4. The molecule has 7 nitrogen and oxygen atoms in total. The van der Waals surface area contributed by atoms with Crippen LogP contribution in [0.3, 0.4) is 0 Å². The summed E-state index contributed by atoms with van der Waals surface area (Å²) in [7, 11) is 1.63. The van der Waals surface area contributed by atoms with Crippen LogP contribution >= 0.6 is 0 Å². The highest BCUT2D eigenvalue weighted by Crippen LogP contribution is 2.32. The number of benzene rings is 3. The second kappa shape index (κ2) is 13.5. The Morgan fingerprint density at radius 3 is 2.41 bits per heavy atom. The van der Waals surface area contributed by atoms with Crippen molar-refractivity contribution in [2.45, 2.75) is 51.0 Å². The fourth-order valence-corrected chi connectivity index (χ4v) is 6.82. The average Bonchev–Trinajstić information content (AvgIpc) is 3.39. The van der Waals surface area contributed by atoms with Crippen LogP contribution in [-0.2, 0) is 22.5 Å². The van der Waals surface area contributed by atoms with E-state index in [9.17, 15) is 17.9 Å². The molecule has 2 atom stereocenters. The van der Waals surface area contributed by atoms with Crippen molar-refractivity contribution in [3.8, 4) is 16.9 Å². The molecular weight excluding hydrogens is 541 g/mol. The van der Waals surface area contributed by atoms with E-state index in [1.54, 1.807) is 31.4 Å². The molecule has 1 aliphatic carbocycles. The van der Waals surface area contributed by atoms with Crippen molar-refractivity contribution in [3.63, 3.8) is 0 Å². The average molecular weight is 580 g/mol. The quantitative estimate of drug-likeness (QED) is 0.274. The van der Waals surface area contributed by atoms with E-state index in [1.165, 1.54) is 16.8 Å². The maximum absolute atomic E-state index is 13.7. The Morgan fingerprint density at radius 2 is 1.76 bits per heavy atom. The molecule has 0 saturated heterocycles. The van der Waals surface area contributed by atoms with Crippen LogP contribution in [0.25, 0.3) is 11.1 Å². The molecular formula is C32H38FN3O4S. The maximum atomic E-state index is 13.7. The highest BCUT2D eigenvalue weighted by Gasteiger charge is 2.33. The number of rotatable bonds is 11. The summed E-state index contributed by atoms with van der Waals surface area (Å²) in [6, 6.07) is 19.2. The number of carbonyl (C=O) groups is 1. The molecule has 2 N–H and O–H groups in total. The van der Waals surface area contributed by atoms with Gasteiger partial charge in [-0.2, -0.15) is 0 Å². The Labute approximate surface area is 244 Å². The zero-order chi connectivity index (χ0) is 28.8. The number of anilines is 2. The van der Waals surface area contributed by atoms with Gasteiger partial charge in [0.15, 0.2) is 0 Å². The first-order valence-corrected chi connectivity index (χ1v) is 15.4. The number of ether oxygens (including phenoxy) is 1. The summed E-state index contributed by atoms with van der Waals surface area (Å²) in [4.78, 5) is 15.8. The molecule has 2 unspecified atom stereocenters. The van der Waals surface area contributed by atoms with E-state index in [0.29, 0.717) is 31.1 Å². The van der Waals surface area contributed by atoms with Gasteiger partial charge in [0.2, 0.25) is 5.91 Å². The molecule has 0 radical (unpaired) electrons. The topological polar surface area (TPSA) is 82.1 Å². The van der Waals surface area contributed by atoms with Crippen LogP contribution in [0.2, 0.25) is 0 Å². The summed E-state index contributed by atoms with van der Waals surface area (Å²) in [6.07, 6.45) is 6.76. The molecule has 5 rings (SSSR count). The molecule has 0 spiro atoms. The predicted octanol–water partition coefficient (Wildman–Crippen LogP) is 5.96. The molecule has 3 aromatic rings. The van der Waals surface area contributed by atoms with Gasteiger partial charge in [0.05, 0.1) is 12.8 Å². The lowest BCUT2D eigenvalue weighted by Gasteiger charge is -2.33. The molecule has 1 amide bonds. The largest absolute Gasteiger partial charge is 0.497 e. The van der Waals surface area contributed by atoms with E-state index in [-0.39, 0.29) is 11.7 Å². The van der Waals surface area contributed by atoms with E-state index < -0.39 is 17.3 Å². The van der Waals surface area contributed by atoms with Gasteiger partial charge in [-0.05, 0) is 77.9 Å². The van der Waals surface area contributed by atoms with Crippen LogP contribution in [-0.4, -0.2) is 47.5 Å². The highest BCUT2D eigenvalue weighted by molar-refractivity contribution is 7.80. The van der Waals surface area contributed by atoms with Crippen LogP contribution in [0.4, 0.5) is 15.8 Å². The van der Waals surface area contributed by atoms with E-state index in [2.05, 4.69) is 10.2 Å². The number of hydrogen-bond acceptors (Lipinski definition) is 4. The Bertz CT molecular complexity index is 1350. The highest BCUT2D eigenvalue weighted by atomic mass is 32.2. The SMILES string of the molecule is COc1ccc(-c2ccc(N(C(CC3CCCCC3)C(=O)NCCN3CCc4cc(F)ccc43)S(=O)O)cc2)cc1. The van der Waals surface area contributed by atoms with Gasteiger partial charge in [0.25, 0.3) is 11.3 Å². The third-order valence-electron chi connectivity index (χ3n) is 8.29. The zero-order valence-corrected chi connectivity index (χ0v) is 24.2. The smallest absolute Gasteiger partial charge is 0.262 e. The fraction of sp³-hybridized carbons (Fsp3) is 0.406. The van der Waals surface area contributed by atoms with Gasteiger partial charge in [0.1, 0.15) is 17.6 Å². The molecule has 218 valence electrons. The number of methoxy groups -OCH3 is 1. The molecule has 1 saturated carbocycles. The lowest BCUT2D eigenvalue weighted by atomic mass is 9.84. The van der Waals surface area contributed by atoms with Gasteiger partial charge in [-0.25, -0.2) is 8.60 Å². The van der Waals surface area contributed by atoms with Crippen molar-refractivity contribution >= 4 is 28.5 Å². The van der Waals surface area contributed by atoms with Gasteiger partial charge in [0, 0.05) is 25.3 Å².